The molecule has 0 radical (unpaired) electrons. The van der Waals surface area contributed by atoms with Crippen molar-refractivity contribution in [3.05, 3.63) is 28.2 Å². The lowest BCUT2D eigenvalue weighted by atomic mass is 10.2. The third-order valence-corrected chi connectivity index (χ3v) is 2.48. The quantitative estimate of drug-likeness (QED) is 0.822. The number of rotatable bonds is 2. The van der Waals surface area contributed by atoms with Crippen LogP contribution < -0.4 is 10.1 Å². The van der Waals surface area contributed by atoms with Gasteiger partial charge in [-0.15, -0.1) is 0 Å². The molecule has 1 fully saturated rings. The van der Waals surface area contributed by atoms with Crippen molar-refractivity contribution in [2.24, 2.45) is 0 Å². The van der Waals surface area contributed by atoms with E-state index in [1.165, 1.54) is 0 Å². The minimum atomic E-state index is 0.232. The molecule has 2 nitrogen and oxygen atoms in total. The first-order chi connectivity index (χ1) is 6.25. The topological polar surface area (TPSA) is 21.3 Å². The molecule has 1 aliphatic rings. The number of halogens is 2. The summed E-state index contributed by atoms with van der Waals surface area (Å²) in [6, 6.07) is 5.23. The minimum Gasteiger partial charge on any atom is -0.486 e. The maximum Gasteiger partial charge on any atom is 0.139 e. The smallest absolute Gasteiger partial charge is 0.139 e. The van der Waals surface area contributed by atoms with E-state index in [0.717, 1.165) is 13.1 Å². The van der Waals surface area contributed by atoms with Crippen molar-refractivity contribution in [2.75, 3.05) is 13.1 Å². The Bertz CT molecular complexity index is 312. The van der Waals surface area contributed by atoms with E-state index in [-0.39, 0.29) is 6.10 Å². The van der Waals surface area contributed by atoms with Crippen LogP contribution in [0.3, 0.4) is 0 Å². The second kappa shape index (κ2) is 3.74. The molecule has 0 spiro atoms. The summed E-state index contributed by atoms with van der Waals surface area (Å²) in [6.07, 6.45) is 0.232. The summed E-state index contributed by atoms with van der Waals surface area (Å²) < 4.78 is 5.58. The molecule has 1 aromatic rings. The molecule has 0 saturated carbocycles. The third kappa shape index (κ3) is 2.08. The highest BCUT2D eigenvalue weighted by atomic mass is 35.5. The Morgan fingerprint density at radius 2 is 2.08 bits per heavy atom. The second-order valence-electron chi connectivity index (χ2n) is 2.97. The molecule has 4 heteroatoms. The number of hydrogen-bond donors (Lipinski definition) is 1. The number of nitrogens with one attached hydrogen (secondary N) is 1. The molecule has 1 heterocycles. The van der Waals surface area contributed by atoms with Gasteiger partial charge >= 0.3 is 0 Å². The van der Waals surface area contributed by atoms with Gasteiger partial charge in [0.1, 0.15) is 11.9 Å². The average molecular weight is 218 g/mol. The molecule has 1 aromatic carbocycles. The van der Waals surface area contributed by atoms with Gasteiger partial charge in [-0.3, -0.25) is 0 Å². The maximum atomic E-state index is 5.92. The maximum absolute atomic E-state index is 5.92. The fraction of sp³-hybridized carbons (Fsp3) is 0.333. The van der Waals surface area contributed by atoms with Gasteiger partial charge in [0, 0.05) is 24.2 Å². The Kier molecular flexibility index (Phi) is 2.63. The van der Waals surface area contributed by atoms with Crippen LogP contribution >= 0.6 is 23.2 Å². The minimum absolute atomic E-state index is 0.232. The lowest BCUT2D eigenvalue weighted by molar-refractivity contribution is 0.142. The molecule has 1 N–H and O–H groups in total. The molecule has 0 atom stereocenters. The molecular weight excluding hydrogens is 209 g/mol. The fourth-order valence-corrected chi connectivity index (χ4v) is 1.42. The van der Waals surface area contributed by atoms with E-state index < -0.39 is 0 Å². The highest BCUT2D eigenvalue weighted by Crippen LogP contribution is 2.28. The number of ether oxygens (including phenoxy) is 1. The molecule has 0 aromatic heterocycles. The summed E-state index contributed by atoms with van der Waals surface area (Å²) >= 11 is 11.7. The zero-order valence-corrected chi connectivity index (χ0v) is 8.40. The van der Waals surface area contributed by atoms with Crippen LogP contribution in [0.4, 0.5) is 0 Å². The summed E-state index contributed by atoms with van der Waals surface area (Å²) in [6.45, 7) is 1.76. The van der Waals surface area contributed by atoms with Crippen molar-refractivity contribution >= 4 is 23.2 Å². The van der Waals surface area contributed by atoms with Crippen molar-refractivity contribution in [1.82, 2.24) is 5.32 Å². The SMILES string of the molecule is Clc1ccc(Cl)c(OC2CNC2)c1. The summed E-state index contributed by atoms with van der Waals surface area (Å²) in [4.78, 5) is 0. The van der Waals surface area contributed by atoms with Crippen molar-refractivity contribution in [2.45, 2.75) is 6.10 Å². The molecular formula is C9H9Cl2NO. The largest absolute Gasteiger partial charge is 0.486 e. The van der Waals surface area contributed by atoms with Crippen LogP contribution in [-0.2, 0) is 0 Å². The predicted molar refractivity (Wildman–Crippen MR) is 53.7 cm³/mol. The standard InChI is InChI=1S/C9H9Cl2NO/c10-6-1-2-8(11)9(3-6)13-7-4-12-5-7/h1-3,7,12H,4-5H2. The van der Waals surface area contributed by atoms with Gasteiger partial charge in [0.25, 0.3) is 0 Å². The first kappa shape index (κ1) is 9.13. The average Bonchev–Trinajstić information content (AvgIpc) is 2.03. The van der Waals surface area contributed by atoms with E-state index in [1.807, 2.05) is 0 Å². The van der Waals surface area contributed by atoms with Gasteiger partial charge in [0.15, 0.2) is 0 Å². The summed E-state index contributed by atoms with van der Waals surface area (Å²) in [5.41, 5.74) is 0. The summed E-state index contributed by atoms with van der Waals surface area (Å²) in [5, 5.41) is 4.37. The first-order valence-corrected chi connectivity index (χ1v) is 4.84. The third-order valence-electron chi connectivity index (χ3n) is 1.93. The summed E-state index contributed by atoms with van der Waals surface area (Å²) in [5.74, 6) is 0.667. The zero-order chi connectivity index (χ0) is 9.26. The molecule has 1 aliphatic heterocycles. The van der Waals surface area contributed by atoms with Crippen LogP contribution in [0.5, 0.6) is 5.75 Å². The van der Waals surface area contributed by atoms with E-state index in [0.29, 0.717) is 15.8 Å². The van der Waals surface area contributed by atoms with Gasteiger partial charge in [-0.2, -0.15) is 0 Å². The molecule has 70 valence electrons. The Labute approximate surface area is 86.8 Å². The van der Waals surface area contributed by atoms with Crippen LogP contribution in [0.2, 0.25) is 10.0 Å². The lowest BCUT2D eigenvalue weighted by Gasteiger charge is -2.28. The highest BCUT2D eigenvalue weighted by Gasteiger charge is 2.19. The molecule has 1 saturated heterocycles. The van der Waals surface area contributed by atoms with Crippen LogP contribution in [0.25, 0.3) is 0 Å². The fourth-order valence-electron chi connectivity index (χ4n) is 1.09. The van der Waals surface area contributed by atoms with Gasteiger partial charge in [-0.25, -0.2) is 0 Å². The van der Waals surface area contributed by atoms with E-state index in [2.05, 4.69) is 5.32 Å². The van der Waals surface area contributed by atoms with Gasteiger partial charge in [-0.1, -0.05) is 23.2 Å². The van der Waals surface area contributed by atoms with Crippen molar-refractivity contribution in [3.8, 4) is 5.75 Å². The van der Waals surface area contributed by atoms with E-state index in [1.54, 1.807) is 18.2 Å². The van der Waals surface area contributed by atoms with Crippen LogP contribution in [-0.4, -0.2) is 19.2 Å². The molecule has 0 amide bonds. The number of hydrogen-bond acceptors (Lipinski definition) is 2. The Balaban J connectivity index is 2.13. The van der Waals surface area contributed by atoms with E-state index >= 15 is 0 Å². The van der Waals surface area contributed by atoms with E-state index in [9.17, 15) is 0 Å². The molecule has 2 rings (SSSR count). The van der Waals surface area contributed by atoms with Gasteiger partial charge in [0.05, 0.1) is 5.02 Å². The molecule has 0 unspecified atom stereocenters. The Morgan fingerprint density at radius 3 is 2.69 bits per heavy atom. The Hall–Kier alpha value is -0.440. The molecule has 0 bridgehead atoms. The van der Waals surface area contributed by atoms with Crippen LogP contribution in [0, 0.1) is 0 Å². The highest BCUT2D eigenvalue weighted by molar-refractivity contribution is 6.34. The van der Waals surface area contributed by atoms with Crippen molar-refractivity contribution in [3.63, 3.8) is 0 Å². The molecule has 0 aliphatic carbocycles. The molecule has 13 heavy (non-hydrogen) atoms. The van der Waals surface area contributed by atoms with Gasteiger partial charge in [0.2, 0.25) is 0 Å². The van der Waals surface area contributed by atoms with Crippen molar-refractivity contribution < 1.29 is 4.74 Å². The van der Waals surface area contributed by atoms with Gasteiger partial charge < -0.3 is 10.1 Å². The predicted octanol–water partition coefficient (Wildman–Crippen LogP) is 2.34. The number of benzene rings is 1. The monoisotopic (exact) mass is 217 g/mol. The van der Waals surface area contributed by atoms with Crippen LogP contribution in [0.1, 0.15) is 0 Å². The van der Waals surface area contributed by atoms with E-state index in [4.69, 9.17) is 27.9 Å². The van der Waals surface area contributed by atoms with Crippen LogP contribution in [0.15, 0.2) is 18.2 Å². The lowest BCUT2D eigenvalue weighted by Crippen LogP contribution is -2.50. The van der Waals surface area contributed by atoms with Gasteiger partial charge in [-0.05, 0) is 12.1 Å². The second-order valence-corrected chi connectivity index (χ2v) is 3.82. The zero-order valence-electron chi connectivity index (χ0n) is 6.89. The van der Waals surface area contributed by atoms with Crippen molar-refractivity contribution in [1.29, 1.82) is 0 Å². The first-order valence-electron chi connectivity index (χ1n) is 4.08. The normalized spacial score (nSPS) is 16.8. The Morgan fingerprint density at radius 1 is 1.31 bits per heavy atom. The summed E-state index contributed by atoms with van der Waals surface area (Å²) in [7, 11) is 0.